The Bertz CT molecular complexity index is 1500. The van der Waals surface area contributed by atoms with Crippen molar-refractivity contribution in [3.63, 3.8) is 0 Å². The molecule has 4 rings (SSSR count). The Labute approximate surface area is 192 Å². The SMILES string of the molecule is CCN(C)c1ccc2c(c1)OCC(/C=C/C(=O)c1c(O)c3cc(F)cc(F)c3oc1=O)=C2C#N. The molecule has 34 heavy (non-hydrogen) atoms. The third kappa shape index (κ3) is 3.90. The van der Waals surface area contributed by atoms with Gasteiger partial charge in [0.2, 0.25) is 0 Å². The summed E-state index contributed by atoms with van der Waals surface area (Å²) >= 11 is 0. The molecule has 0 radical (unpaired) electrons. The Morgan fingerprint density at radius 1 is 1.29 bits per heavy atom. The van der Waals surface area contributed by atoms with E-state index in [1.165, 1.54) is 6.08 Å². The van der Waals surface area contributed by atoms with Crippen LogP contribution in [-0.4, -0.2) is 31.1 Å². The average molecular weight is 464 g/mol. The predicted molar refractivity (Wildman–Crippen MR) is 121 cm³/mol. The normalized spacial score (nSPS) is 13.0. The number of nitriles is 1. The van der Waals surface area contributed by atoms with Crippen LogP contribution in [0.2, 0.25) is 0 Å². The number of carbonyl (C=O) groups is 1. The highest BCUT2D eigenvalue weighted by atomic mass is 19.1. The van der Waals surface area contributed by atoms with Crippen molar-refractivity contribution in [3.05, 3.63) is 81.2 Å². The zero-order chi connectivity index (χ0) is 24.6. The number of hydrogen-bond donors (Lipinski definition) is 1. The van der Waals surface area contributed by atoms with E-state index in [1.807, 2.05) is 31.0 Å². The number of ketones is 1. The molecular weight excluding hydrogens is 446 g/mol. The lowest BCUT2D eigenvalue weighted by Gasteiger charge is -2.23. The first-order chi connectivity index (χ1) is 16.2. The molecule has 0 spiro atoms. The van der Waals surface area contributed by atoms with Gasteiger partial charge in [-0.05, 0) is 31.2 Å². The molecule has 9 heteroatoms. The van der Waals surface area contributed by atoms with Gasteiger partial charge in [0.1, 0.15) is 35.6 Å². The lowest BCUT2D eigenvalue weighted by atomic mass is 9.96. The van der Waals surface area contributed by atoms with E-state index in [0.717, 1.165) is 24.4 Å². The number of carbonyl (C=O) groups excluding carboxylic acids is 1. The second kappa shape index (κ2) is 8.83. The van der Waals surface area contributed by atoms with Crippen molar-refractivity contribution in [1.29, 1.82) is 5.26 Å². The monoisotopic (exact) mass is 464 g/mol. The third-order valence-corrected chi connectivity index (χ3v) is 5.55. The fraction of sp³-hybridized carbons (Fsp3) is 0.160. The summed E-state index contributed by atoms with van der Waals surface area (Å²) in [6, 6.07) is 8.76. The lowest BCUT2D eigenvalue weighted by Crippen LogP contribution is -2.17. The first-order valence-electron chi connectivity index (χ1n) is 10.2. The van der Waals surface area contributed by atoms with Gasteiger partial charge >= 0.3 is 5.63 Å². The minimum absolute atomic E-state index is 0.00625. The highest BCUT2D eigenvalue weighted by Gasteiger charge is 2.23. The smallest absolute Gasteiger partial charge is 0.351 e. The van der Waals surface area contributed by atoms with Gasteiger partial charge in [-0.3, -0.25) is 4.79 Å². The molecule has 0 fully saturated rings. The van der Waals surface area contributed by atoms with E-state index in [-0.39, 0.29) is 12.2 Å². The quantitative estimate of drug-likeness (QED) is 0.340. The molecule has 7 nitrogen and oxygen atoms in total. The first kappa shape index (κ1) is 22.7. The average Bonchev–Trinajstić information content (AvgIpc) is 2.82. The van der Waals surface area contributed by atoms with Gasteiger partial charge in [-0.2, -0.15) is 5.26 Å². The highest BCUT2D eigenvalue weighted by molar-refractivity contribution is 6.09. The molecule has 3 aromatic rings. The standard InChI is InChI=1S/C25H18F2N2O5/c1-3-29(2)15-5-6-16-18(11-28)13(12-33-21(16)10-15)4-7-20(30)22-23(31)17-8-14(26)9-19(27)24(17)34-25(22)32/h4-10,31H,3,12H2,1-2H3/b7-4+. The second-order valence-electron chi connectivity index (χ2n) is 7.57. The van der Waals surface area contributed by atoms with Gasteiger partial charge in [-0.25, -0.2) is 13.6 Å². The van der Waals surface area contributed by atoms with Crippen molar-refractivity contribution in [2.75, 3.05) is 25.1 Å². The summed E-state index contributed by atoms with van der Waals surface area (Å²) in [5.74, 6) is -3.54. The lowest BCUT2D eigenvalue weighted by molar-refractivity contribution is 0.104. The minimum Gasteiger partial charge on any atom is -0.506 e. The number of halogens is 2. The zero-order valence-corrected chi connectivity index (χ0v) is 18.2. The summed E-state index contributed by atoms with van der Waals surface area (Å²) in [6.45, 7) is 2.78. The highest BCUT2D eigenvalue weighted by Crippen LogP contribution is 2.36. The third-order valence-electron chi connectivity index (χ3n) is 5.55. The summed E-state index contributed by atoms with van der Waals surface area (Å²) in [7, 11) is 1.92. The molecule has 0 aliphatic carbocycles. The molecular formula is C25H18F2N2O5. The van der Waals surface area contributed by atoms with Crippen LogP contribution in [0.15, 0.2) is 57.3 Å². The Hall–Kier alpha value is -4.45. The number of anilines is 1. The number of fused-ring (bicyclic) bond motifs is 2. The van der Waals surface area contributed by atoms with Crippen LogP contribution in [0.5, 0.6) is 11.5 Å². The topological polar surface area (TPSA) is 104 Å². The van der Waals surface area contributed by atoms with Crippen LogP contribution < -0.4 is 15.3 Å². The maximum Gasteiger partial charge on any atom is 0.351 e. The van der Waals surface area contributed by atoms with E-state index in [0.29, 0.717) is 23.0 Å². The number of aromatic hydroxyl groups is 1. The van der Waals surface area contributed by atoms with E-state index in [2.05, 4.69) is 6.07 Å². The van der Waals surface area contributed by atoms with Gasteiger partial charge in [0, 0.05) is 42.5 Å². The largest absolute Gasteiger partial charge is 0.506 e. The van der Waals surface area contributed by atoms with E-state index in [1.54, 1.807) is 6.07 Å². The molecule has 0 saturated heterocycles. The molecule has 0 unspecified atom stereocenters. The number of rotatable bonds is 5. The van der Waals surface area contributed by atoms with Crippen molar-refractivity contribution >= 4 is 28.0 Å². The van der Waals surface area contributed by atoms with Gasteiger partial charge in [-0.15, -0.1) is 0 Å². The van der Waals surface area contributed by atoms with Gasteiger partial charge in [0.25, 0.3) is 0 Å². The summed E-state index contributed by atoms with van der Waals surface area (Å²) in [5.41, 5.74) is -0.595. The van der Waals surface area contributed by atoms with Gasteiger partial charge < -0.3 is 19.2 Å². The Kier molecular flexibility index (Phi) is 5.90. The number of allylic oxidation sites excluding steroid dienone is 2. The number of ether oxygens (including phenoxy) is 1. The van der Waals surface area contributed by atoms with Crippen molar-refractivity contribution in [3.8, 4) is 17.6 Å². The second-order valence-corrected chi connectivity index (χ2v) is 7.57. The fourth-order valence-electron chi connectivity index (χ4n) is 3.61. The first-order valence-corrected chi connectivity index (χ1v) is 10.2. The van der Waals surface area contributed by atoms with E-state index in [9.17, 15) is 28.7 Å². The van der Waals surface area contributed by atoms with Crippen LogP contribution >= 0.6 is 0 Å². The molecule has 1 aromatic heterocycles. The molecule has 0 atom stereocenters. The molecule has 0 saturated carbocycles. The molecule has 1 N–H and O–H groups in total. The Morgan fingerprint density at radius 2 is 2.06 bits per heavy atom. The van der Waals surface area contributed by atoms with Crippen LogP contribution in [0.3, 0.4) is 0 Å². The van der Waals surface area contributed by atoms with Gasteiger partial charge in [0.05, 0.1) is 11.0 Å². The molecule has 0 amide bonds. The fourth-order valence-corrected chi connectivity index (χ4v) is 3.61. The minimum atomic E-state index is -1.28. The van der Waals surface area contributed by atoms with Gasteiger partial charge in [0.15, 0.2) is 17.2 Å². The molecule has 1 aliphatic heterocycles. The van der Waals surface area contributed by atoms with E-state index < -0.39 is 45.3 Å². The van der Waals surface area contributed by atoms with Crippen molar-refractivity contribution in [2.45, 2.75) is 6.92 Å². The van der Waals surface area contributed by atoms with Crippen molar-refractivity contribution in [1.82, 2.24) is 0 Å². The zero-order valence-electron chi connectivity index (χ0n) is 18.2. The summed E-state index contributed by atoms with van der Waals surface area (Å²) in [6.07, 6.45) is 2.26. The van der Waals surface area contributed by atoms with Crippen molar-refractivity contribution < 1.29 is 27.8 Å². The van der Waals surface area contributed by atoms with Crippen LogP contribution in [0.1, 0.15) is 22.8 Å². The maximum atomic E-state index is 13.9. The molecule has 2 aromatic carbocycles. The van der Waals surface area contributed by atoms with Crippen LogP contribution in [-0.2, 0) is 0 Å². The Morgan fingerprint density at radius 3 is 2.76 bits per heavy atom. The van der Waals surface area contributed by atoms with E-state index in [4.69, 9.17) is 9.15 Å². The maximum absolute atomic E-state index is 13.9. The van der Waals surface area contributed by atoms with E-state index >= 15 is 0 Å². The molecule has 1 aliphatic rings. The number of nitrogens with zero attached hydrogens (tertiary/aromatic N) is 2. The number of benzene rings is 2. The van der Waals surface area contributed by atoms with Crippen LogP contribution in [0, 0.1) is 23.0 Å². The summed E-state index contributed by atoms with van der Waals surface area (Å²) in [4.78, 5) is 26.9. The Balaban J connectivity index is 1.72. The molecule has 0 bridgehead atoms. The molecule has 2 heterocycles. The summed E-state index contributed by atoms with van der Waals surface area (Å²) in [5, 5.41) is 19.6. The predicted octanol–water partition coefficient (Wildman–Crippen LogP) is 4.34. The number of hydrogen-bond acceptors (Lipinski definition) is 7. The van der Waals surface area contributed by atoms with Crippen molar-refractivity contribution in [2.24, 2.45) is 0 Å². The van der Waals surface area contributed by atoms with Crippen LogP contribution in [0.4, 0.5) is 14.5 Å². The summed E-state index contributed by atoms with van der Waals surface area (Å²) < 4.78 is 38.0. The van der Waals surface area contributed by atoms with Gasteiger partial charge in [-0.1, -0.05) is 6.08 Å². The van der Waals surface area contributed by atoms with Crippen LogP contribution in [0.25, 0.3) is 16.5 Å². The molecule has 172 valence electrons.